The van der Waals surface area contributed by atoms with Crippen LogP contribution in [0.15, 0.2) is 42.6 Å². The van der Waals surface area contributed by atoms with Gasteiger partial charge in [-0.05, 0) is 61.9 Å². The fraction of sp³-hybridized carbons (Fsp3) is 0.400. The average Bonchev–Trinajstić information content (AvgIpc) is 3.40. The number of nitrogens with one attached hydrogen (secondary N) is 1. The Morgan fingerprint density at radius 3 is 2.67 bits per heavy atom. The van der Waals surface area contributed by atoms with Gasteiger partial charge in [0.05, 0.1) is 24.8 Å². The highest BCUT2D eigenvalue weighted by atomic mass is 16.5. The zero-order chi connectivity index (χ0) is 16.9. The van der Waals surface area contributed by atoms with Crippen LogP contribution < -0.4 is 10.1 Å². The lowest BCUT2D eigenvalue weighted by atomic mass is 10.0. The molecule has 1 atom stereocenters. The van der Waals surface area contributed by atoms with E-state index in [0.29, 0.717) is 18.9 Å². The second-order valence-electron chi connectivity index (χ2n) is 6.34. The monoisotopic (exact) mass is 324 g/mol. The average molecular weight is 324 g/mol. The summed E-state index contributed by atoms with van der Waals surface area (Å²) in [6.45, 7) is 4.65. The molecule has 126 valence electrons. The number of aryl methyl sites for hydroxylation is 1. The molecule has 1 N–H and O–H groups in total. The normalized spacial score (nSPS) is 14.9. The van der Waals surface area contributed by atoms with E-state index in [4.69, 9.17) is 4.74 Å². The smallest absolute Gasteiger partial charge is 0.224 e. The predicted molar refractivity (Wildman–Crippen MR) is 93.9 cm³/mol. The predicted octanol–water partition coefficient (Wildman–Crippen LogP) is 3.60. The second kappa shape index (κ2) is 7.47. The molecule has 1 aromatic carbocycles. The molecule has 3 rings (SSSR count). The van der Waals surface area contributed by atoms with Crippen LogP contribution in [0, 0.1) is 12.8 Å². The Kier molecular flexibility index (Phi) is 5.14. The quantitative estimate of drug-likeness (QED) is 0.846. The van der Waals surface area contributed by atoms with E-state index in [-0.39, 0.29) is 11.9 Å². The number of hydrogen-bond acceptors (Lipinski definition) is 3. The lowest BCUT2D eigenvalue weighted by Gasteiger charge is -2.19. The fourth-order valence-electron chi connectivity index (χ4n) is 2.94. The summed E-state index contributed by atoms with van der Waals surface area (Å²) in [7, 11) is 0. The van der Waals surface area contributed by atoms with E-state index < -0.39 is 0 Å². The first-order valence-electron chi connectivity index (χ1n) is 8.60. The van der Waals surface area contributed by atoms with Crippen molar-refractivity contribution in [3.8, 4) is 5.75 Å². The standard InChI is InChI=1S/C20H24N2O2/c1-3-24-17-10-6-15(7-11-17)13-18(23)22-20(16-8-9-16)19-14(2)5-4-12-21-19/h4-7,10-12,16,20H,3,8-9,13H2,1-2H3,(H,22,23)/t20-/m1/s1. The van der Waals surface area contributed by atoms with Crippen molar-refractivity contribution in [3.05, 3.63) is 59.4 Å². The molecule has 0 spiro atoms. The van der Waals surface area contributed by atoms with Crippen molar-refractivity contribution in [2.24, 2.45) is 5.92 Å². The highest BCUT2D eigenvalue weighted by Gasteiger charge is 2.34. The van der Waals surface area contributed by atoms with Crippen LogP contribution in [0.4, 0.5) is 0 Å². The molecule has 1 aromatic heterocycles. The number of carbonyl (C=O) groups is 1. The molecule has 0 bridgehead atoms. The van der Waals surface area contributed by atoms with Crippen molar-refractivity contribution >= 4 is 5.91 Å². The van der Waals surface area contributed by atoms with Crippen LogP contribution in [0.25, 0.3) is 0 Å². The van der Waals surface area contributed by atoms with Gasteiger partial charge in [0.1, 0.15) is 5.75 Å². The summed E-state index contributed by atoms with van der Waals surface area (Å²) in [5.41, 5.74) is 3.12. The SMILES string of the molecule is CCOc1ccc(CC(=O)N[C@@H](c2ncccc2C)C2CC2)cc1. The Labute approximate surface area is 143 Å². The lowest BCUT2D eigenvalue weighted by molar-refractivity contribution is -0.121. The van der Waals surface area contributed by atoms with E-state index >= 15 is 0 Å². The van der Waals surface area contributed by atoms with Gasteiger partial charge >= 0.3 is 0 Å². The lowest BCUT2D eigenvalue weighted by Crippen LogP contribution is -2.32. The number of benzene rings is 1. The number of carbonyl (C=O) groups excluding carboxylic acids is 1. The molecule has 0 unspecified atom stereocenters. The van der Waals surface area contributed by atoms with Gasteiger partial charge < -0.3 is 10.1 Å². The summed E-state index contributed by atoms with van der Waals surface area (Å²) in [5.74, 6) is 1.39. The Morgan fingerprint density at radius 2 is 2.04 bits per heavy atom. The third-order valence-corrected chi connectivity index (χ3v) is 4.35. The van der Waals surface area contributed by atoms with Gasteiger partial charge in [-0.15, -0.1) is 0 Å². The van der Waals surface area contributed by atoms with Crippen molar-refractivity contribution in [2.75, 3.05) is 6.61 Å². The molecule has 0 saturated heterocycles. The molecule has 1 fully saturated rings. The van der Waals surface area contributed by atoms with E-state index in [1.165, 1.54) is 0 Å². The van der Waals surface area contributed by atoms with Crippen LogP contribution in [0.5, 0.6) is 5.75 Å². The minimum atomic E-state index is 0.0291. The highest BCUT2D eigenvalue weighted by Crippen LogP contribution is 2.41. The largest absolute Gasteiger partial charge is 0.494 e. The molecule has 1 amide bonds. The molecule has 24 heavy (non-hydrogen) atoms. The molecule has 1 aliphatic rings. The maximum Gasteiger partial charge on any atom is 0.224 e. The van der Waals surface area contributed by atoms with E-state index in [0.717, 1.165) is 35.4 Å². The van der Waals surface area contributed by atoms with E-state index in [9.17, 15) is 4.79 Å². The minimum Gasteiger partial charge on any atom is -0.494 e. The highest BCUT2D eigenvalue weighted by molar-refractivity contribution is 5.79. The van der Waals surface area contributed by atoms with Crippen molar-refractivity contribution in [1.82, 2.24) is 10.3 Å². The van der Waals surface area contributed by atoms with Gasteiger partial charge in [-0.1, -0.05) is 18.2 Å². The first-order valence-corrected chi connectivity index (χ1v) is 8.60. The van der Waals surface area contributed by atoms with Crippen LogP contribution in [-0.4, -0.2) is 17.5 Å². The third kappa shape index (κ3) is 4.13. The molecule has 4 heteroatoms. The summed E-state index contributed by atoms with van der Waals surface area (Å²) in [6, 6.07) is 11.7. The van der Waals surface area contributed by atoms with Gasteiger partial charge in [0, 0.05) is 6.20 Å². The molecule has 1 heterocycles. The summed E-state index contributed by atoms with van der Waals surface area (Å²) in [5, 5.41) is 3.19. The number of nitrogens with zero attached hydrogens (tertiary/aromatic N) is 1. The number of aromatic nitrogens is 1. The third-order valence-electron chi connectivity index (χ3n) is 4.35. The number of amides is 1. The number of rotatable bonds is 7. The fourth-order valence-corrected chi connectivity index (χ4v) is 2.94. The molecule has 2 aromatic rings. The van der Waals surface area contributed by atoms with Gasteiger partial charge in [-0.25, -0.2) is 0 Å². The van der Waals surface area contributed by atoms with Gasteiger partial charge in [0.2, 0.25) is 5.91 Å². The maximum absolute atomic E-state index is 12.5. The molecular weight excluding hydrogens is 300 g/mol. The number of pyridine rings is 1. The topological polar surface area (TPSA) is 51.2 Å². The zero-order valence-corrected chi connectivity index (χ0v) is 14.3. The van der Waals surface area contributed by atoms with Crippen molar-refractivity contribution in [3.63, 3.8) is 0 Å². The minimum absolute atomic E-state index is 0.0291. The molecule has 4 nitrogen and oxygen atoms in total. The molecule has 1 aliphatic carbocycles. The molecular formula is C20H24N2O2. The Bertz CT molecular complexity index is 693. The molecule has 0 radical (unpaired) electrons. The van der Waals surface area contributed by atoms with Crippen molar-refractivity contribution in [2.45, 2.75) is 39.2 Å². The second-order valence-corrected chi connectivity index (χ2v) is 6.34. The molecule has 0 aliphatic heterocycles. The van der Waals surface area contributed by atoms with Crippen LogP contribution in [0.3, 0.4) is 0 Å². The van der Waals surface area contributed by atoms with Crippen LogP contribution in [0.1, 0.15) is 42.6 Å². The maximum atomic E-state index is 12.5. The van der Waals surface area contributed by atoms with Gasteiger partial charge in [-0.3, -0.25) is 9.78 Å². The first kappa shape index (κ1) is 16.5. The number of hydrogen-bond donors (Lipinski definition) is 1. The Morgan fingerprint density at radius 1 is 1.29 bits per heavy atom. The van der Waals surface area contributed by atoms with E-state index in [1.807, 2.05) is 37.3 Å². The summed E-state index contributed by atoms with van der Waals surface area (Å²) in [6.07, 6.45) is 4.49. The van der Waals surface area contributed by atoms with Crippen LogP contribution in [0.2, 0.25) is 0 Å². The van der Waals surface area contributed by atoms with Crippen LogP contribution >= 0.6 is 0 Å². The van der Waals surface area contributed by atoms with E-state index in [1.54, 1.807) is 6.20 Å². The summed E-state index contributed by atoms with van der Waals surface area (Å²) >= 11 is 0. The van der Waals surface area contributed by atoms with Crippen LogP contribution in [-0.2, 0) is 11.2 Å². The van der Waals surface area contributed by atoms with E-state index in [2.05, 4.69) is 23.3 Å². The van der Waals surface area contributed by atoms with Gasteiger partial charge in [-0.2, -0.15) is 0 Å². The number of ether oxygens (including phenoxy) is 1. The van der Waals surface area contributed by atoms with Gasteiger partial charge in [0.25, 0.3) is 0 Å². The van der Waals surface area contributed by atoms with Gasteiger partial charge in [0.15, 0.2) is 0 Å². The Hall–Kier alpha value is -2.36. The Balaban J connectivity index is 1.65. The van der Waals surface area contributed by atoms with Crippen molar-refractivity contribution in [1.29, 1.82) is 0 Å². The summed E-state index contributed by atoms with van der Waals surface area (Å²) in [4.78, 5) is 17.0. The zero-order valence-electron chi connectivity index (χ0n) is 14.3. The van der Waals surface area contributed by atoms with Crippen molar-refractivity contribution < 1.29 is 9.53 Å². The summed E-state index contributed by atoms with van der Waals surface area (Å²) < 4.78 is 5.43. The first-order chi connectivity index (χ1) is 11.7. The molecule has 1 saturated carbocycles.